The Labute approximate surface area is 132 Å². The van der Waals surface area contributed by atoms with Crippen molar-refractivity contribution in [2.75, 3.05) is 81.3 Å². The maximum absolute atomic E-state index is 7.94. The van der Waals surface area contributed by atoms with E-state index in [9.17, 15) is 0 Å². The van der Waals surface area contributed by atoms with Crippen LogP contribution >= 0.6 is 0 Å². The lowest BCUT2D eigenvalue weighted by Gasteiger charge is -1.84. The predicted octanol–water partition coefficient (Wildman–Crippen LogP) is -2.95. The van der Waals surface area contributed by atoms with Gasteiger partial charge in [0.1, 0.15) is 0 Å². The average Bonchev–Trinajstić information content (AvgIpc) is 2.44. The monoisotopic (exact) mass is 336 g/mol. The fraction of sp³-hybridized carbons (Fsp3) is 1.00. The van der Waals surface area contributed by atoms with Crippen LogP contribution in [0.5, 0.6) is 0 Å². The Kier molecular flexibility index (Phi) is 78.3. The maximum atomic E-state index is 7.94. The highest BCUT2D eigenvalue weighted by atomic mass is 28.1. The molecular weight excluding hydrogens is 300 g/mol. The summed E-state index contributed by atoms with van der Waals surface area (Å²) in [5, 5.41) is 31.8. The van der Waals surface area contributed by atoms with E-state index in [-0.39, 0.29) is 37.4 Å². The van der Waals surface area contributed by atoms with Gasteiger partial charge in [0.2, 0.25) is 0 Å². The zero-order valence-corrected chi connectivity index (χ0v) is 13.1. The largest absolute Gasteiger partial charge is 0.394 e. The minimum absolute atomic E-state index is 0. The number of aliphatic hydroxyl groups is 4. The van der Waals surface area contributed by atoms with E-state index in [1.54, 1.807) is 28.4 Å². The van der Waals surface area contributed by atoms with Gasteiger partial charge in [0.05, 0.1) is 52.9 Å². The Morgan fingerprint density at radius 1 is 0.476 bits per heavy atom. The highest BCUT2D eigenvalue weighted by Gasteiger charge is 1.68. The molecule has 0 aliphatic rings. The van der Waals surface area contributed by atoms with Crippen LogP contribution in [0.3, 0.4) is 0 Å². The lowest BCUT2D eigenvalue weighted by molar-refractivity contribution is 0.135. The van der Waals surface area contributed by atoms with Crippen LogP contribution in [0.4, 0.5) is 0 Å². The standard InChI is InChI=1S/4C3H8O2.H4Si/c4*1-5-3-2-4;/h4*4H,2-3H2,1H3;1H4. The number of hydrogen-bond acceptors (Lipinski definition) is 8. The van der Waals surface area contributed by atoms with Crippen molar-refractivity contribution < 1.29 is 39.4 Å². The third-order valence-corrected chi connectivity index (χ3v) is 1.18. The van der Waals surface area contributed by atoms with Crippen LogP contribution in [0, 0.1) is 0 Å². The number of rotatable bonds is 8. The van der Waals surface area contributed by atoms with Crippen molar-refractivity contribution in [2.45, 2.75) is 0 Å². The van der Waals surface area contributed by atoms with Crippen molar-refractivity contribution in [3.8, 4) is 0 Å². The lowest BCUT2D eigenvalue weighted by atomic mass is 10.8. The molecule has 0 radical (unpaired) electrons. The maximum Gasteiger partial charge on any atom is 0.0693 e. The van der Waals surface area contributed by atoms with Crippen LogP contribution in [-0.4, -0.2) is 113 Å². The van der Waals surface area contributed by atoms with Crippen LogP contribution in [0.2, 0.25) is 0 Å². The molecule has 0 bridgehead atoms. The van der Waals surface area contributed by atoms with Gasteiger partial charge in [-0.25, -0.2) is 0 Å². The van der Waals surface area contributed by atoms with Crippen molar-refractivity contribution in [3.05, 3.63) is 0 Å². The molecule has 0 aliphatic heterocycles. The van der Waals surface area contributed by atoms with Gasteiger partial charge in [0.15, 0.2) is 0 Å². The van der Waals surface area contributed by atoms with Gasteiger partial charge in [-0.1, -0.05) is 0 Å². The minimum Gasteiger partial charge on any atom is -0.394 e. The molecule has 0 atom stereocenters. The van der Waals surface area contributed by atoms with Crippen molar-refractivity contribution in [1.82, 2.24) is 0 Å². The summed E-state index contributed by atoms with van der Waals surface area (Å²) in [4.78, 5) is 0. The molecule has 0 aliphatic carbocycles. The molecule has 0 spiro atoms. The Morgan fingerprint density at radius 2 is 0.619 bits per heavy atom. The van der Waals surface area contributed by atoms with Crippen LogP contribution in [0.25, 0.3) is 0 Å². The van der Waals surface area contributed by atoms with Crippen LogP contribution < -0.4 is 0 Å². The van der Waals surface area contributed by atoms with E-state index in [0.29, 0.717) is 26.4 Å². The normalized spacial score (nSPS) is 8.00. The Morgan fingerprint density at radius 3 is 0.619 bits per heavy atom. The first-order valence-corrected chi connectivity index (χ1v) is 6.05. The highest BCUT2D eigenvalue weighted by Crippen LogP contribution is 1.57. The zero-order valence-electron chi connectivity index (χ0n) is 13.1. The van der Waals surface area contributed by atoms with Crippen LogP contribution in [0.1, 0.15) is 0 Å². The molecule has 0 aromatic rings. The fourth-order valence-electron chi connectivity index (χ4n) is 0.365. The molecule has 4 N–H and O–H groups in total. The first kappa shape index (κ1) is 32.7. The topological polar surface area (TPSA) is 118 Å². The molecule has 0 aromatic heterocycles. The summed E-state index contributed by atoms with van der Waals surface area (Å²) >= 11 is 0. The smallest absolute Gasteiger partial charge is 0.0693 e. The summed E-state index contributed by atoms with van der Waals surface area (Å²) in [6.07, 6.45) is 0. The Balaban J connectivity index is -0.0000000533. The predicted molar refractivity (Wildman–Crippen MR) is 87.2 cm³/mol. The quantitative estimate of drug-likeness (QED) is 0.348. The van der Waals surface area contributed by atoms with Gasteiger partial charge in [-0.15, -0.1) is 0 Å². The van der Waals surface area contributed by atoms with E-state index < -0.39 is 0 Å². The molecule has 9 heteroatoms. The SMILES string of the molecule is COCCO.COCCO.COCCO.COCCO.[SiH4]. The molecule has 0 saturated heterocycles. The summed E-state index contributed by atoms with van der Waals surface area (Å²) in [5.74, 6) is 0. The molecule has 0 heterocycles. The molecule has 0 unspecified atom stereocenters. The van der Waals surface area contributed by atoms with E-state index in [4.69, 9.17) is 20.4 Å². The summed E-state index contributed by atoms with van der Waals surface area (Å²) in [5.41, 5.74) is 0. The number of hydrogen-bond donors (Lipinski definition) is 4. The summed E-state index contributed by atoms with van der Waals surface area (Å²) in [6, 6.07) is 0. The second-order valence-electron chi connectivity index (χ2n) is 2.87. The number of aliphatic hydroxyl groups excluding tert-OH is 4. The van der Waals surface area contributed by atoms with Gasteiger partial charge in [-0.05, 0) is 11.0 Å². The molecular formula is C12H36O8Si. The summed E-state index contributed by atoms with van der Waals surface area (Å²) < 4.78 is 17.8. The summed E-state index contributed by atoms with van der Waals surface area (Å²) in [7, 11) is 6.21. The third kappa shape index (κ3) is 102. The Hall–Kier alpha value is -0.103. The van der Waals surface area contributed by atoms with Gasteiger partial charge in [0.25, 0.3) is 0 Å². The lowest BCUT2D eigenvalue weighted by Crippen LogP contribution is -1.91. The van der Waals surface area contributed by atoms with E-state index in [1.807, 2.05) is 0 Å². The second kappa shape index (κ2) is 50.2. The Bertz CT molecular complexity index is 79.3. The second-order valence-corrected chi connectivity index (χ2v) is 2.87. The van der Waals surface area contributed by atoms with Crippen molar-refractivity contribution in [1.29, 1.82) is 0 Å². The van der Waals surface area contributed by atoms with Gasteiger partial charge in [-0.2, -0.15) is 0 Å². The third-order valence-electron chi connectivity index (χ3n) is 1.18. The van der Waals surface area contributed by atoms with Crippen LogP contribution in [-0.2, 0) is 18.9 Å². The van der Waals surface area contributed by atoms with Gasteiger partial charge >= 0.3 is 0 Å². The number of ether oxygens (including phenoxy) is 4. The summed E-state index contributed by atoms with van der Waals surface area (Å²) in [6.45, 7) is 2.26. The van der Waals surface area contributed by atoms with E-state index in [0.717, 1.165) is 0 Å². The van der Waals surface area contributed by atoms with E-state index in [1.165, 1.54) is 0 Å². The molecule has 8 nitrogen and oxygen atoms in total. The molecule has 0 rings (SSSR count). The van der Waals surface area contributed by atoms with Crippen molar-refractivity contribution >= 4 is 11.0 Å². The van der Waals surface area contributed by atoms with Crippen LogP contribution in [0.15, 0.2) is 0 Å². The number of methoxy groups -OCH3 is 4. The van der Waals surface area contributed by atoms with Gasteiger partial charge in [-0.3, -0.25) is 0 Å². The molecule has 136 valence electrons. The zero-order chi connectivity index (χ0) is 16.5. The molecule has 0 saturated carbocycles. The highest BCUT2D eigenvalue weighted by molar-refractivity contribution is 5.75. The van der Waals surface area contributed by atoms with Crippen molar-refractivity contribution in [2.24, 2.45) is 0 Å². The van der Waals surface area contributed by atoms with Gasteiger partial charge in [0, 0.05) is 28.4 Å². The van der Waals surface area contributed by atoms with Crippen molar-refractivity contribution in [3.63, 3.8) is 0 Å². The average molecular weight is 336 g/mol. The molecule has 0 fully saturated rings. The molecule has 0 amide bonds. The fourth-order valence-corrected chi connectivity index (χ4v) is 0.365. The van der Waals surface area contributed by atoms with E-state index in [2.05, 4.69) is 18.9 Å². The minimum atomic E-state index is 0. The molecule has 21 heavy (non-hydrogen) atoms. The van der Waals surface area contributed by atoms with Gasteiger partial charge < -0.3 is 39.4 Å². The van der Waals surface area contributed by atoms with E-state index >= 15 is 0 Å². The first-order valence-electron chi connectivity index (χ1n) is 6.05. The molecule has 0 aromatic carbocycles. The first-order chi connectivity index (χ1) is 9.66.